The van der Waals surface area contributed by atoms with E-state index < -0.39 is 0 Å². The fourth-order valence-corrected chi connectivity index (χ4v) is 2.53. The first-order valence-electron chi connectivity index (χ1n) is 6.36. The third-order valence-electron chi connectivity index (χ3n) is 3.52. The van der Waals surface area contributed by atoms with Crippen molar-refractivity contribution in [1.82, 2.24) is 5.43 Å². The molecule has 0 radical (unpaired) electrons. The van der Waals surface area contributed by atoms with E-state index in [0.29, 0.717) is 0 Å². The minimum absolute atomic E-state index is 0.105. The topological polar surface area (TPSA) is 73.3 Å². The second kappa shape index (κ2) is 4.91. The van der Waals surface area contributed by atoms with Crippen molar-refractivity contribution in [2.75, 3.05) is 12.3 Å². The molecule has 1 heterocycles. The second-order valence-corrected chi connectivity index (χ2v) is 4.69. The Balaban J connectivity index is 2.01. The van der Waals surface area contributed by atoms with Crippen LogP contribution in [0.15, 0.2) is 42.5 Å². The Hall–Kier alpha value is -2.04. The number of nitrogen functional groups attached to an aromatic ring is 1. The van der Waals surface area contributed by atoms with Crippen molar-refractivity contribution in [3.8, 4) is 5.75 Å². The van der Waals surface area contributed by atoms with Gasteiger partial charge < -0.3 is 10.5 Å². The molecule has 2 aromatic carbocycles. The Labute approximate surface area is 112 Å². The standard InChI is InChI=1S/C15H17N3O/c16-13-4-2-1-3-12(13)15(18-17)11-5-6-14-10(9-11)7-8-19-14/h1-6,9,15,18H,7-8,16-17H2. The Morgan fingerprint density at radius 2 is 2.00 bits per heavy atom. The molecule has 0 saturated carbocycles. The maximum absolute atomic E-state index is 6.03. The number of anilines is 1. The van der Waals surface area contributed by atoms with E-state index >= 15 is 0 Å². The number of nitrogens with two attached hydrogens (primary N) is 2. The van der Waals surface area contributed by atoms with E-state index in [1.807, 2.05) is 36.4 Å². The normalized spacial score (nSPS) is 14.8. The minimum Gasteiger partial charge on any atom is -0.493 e. The van der Waals surface area contributed by atoms with Crippen LogP contribution in [-0.2, 0) is 6.42 Å². The van der Waals surface area contributed by atoms with Gasteiger partial charge in [0.15, 0.2) is 0 Å². The lowest BCUT2D eigenvalue weighted by molar-refractivity contribution is 0.357. The molecule has 0 amide bonds. The maximum Gasteiger partial charge on any atom is 0.122 e. The fraction of sp³-hybridized carbons (Fsp3) is 0.200. The van der Waals surface area contributed by atoms with Crippen LogP contribution in [0.5, 0.6) is 5.75 Å². The molecule has 1 aliphatic rings. The number of fused-ring (bicyclic) bond motifs is 1. The number of hydrogen-bond acceptors (Lipinski definition) is 4. The predicted octanol–water partition coefficient (Wildman–Crippen LogP) is 1.76. The molecular weight excluding hydrogens is 238 g/mol. The summed E-state index contributed by atoms with van der Waals surface area (Å²) in [5.41, 5.74) is 12.9. The zero-order valence-corrected chi connectivity index (χ0v) is 10.6. The van der Waals surface area contributed by atoms with Gasteiger partial charge in [0.25, 0.3) is 0 Å². The Bertz CT molecular complexity index is 598. The van der Waals surface area contributed by atoms with Crippen molar-refractivity contribution >= 4 is 5.69 Å². The largest absolute Gasteiger partial charge is 0.493 e. The highest BCUT2D eigenvalue weighted by Gasteiger charge is 2.18. The summed E-state index contributed by atoms with van der Waals surface area (Å²) in [6, 6.07) is 13.8. The molecule has 98 valence electrons. The highest BCUT2D eigenvalue weighted by Crippen LogP contribution is 2.31. The lowest BCUT2D eigenvalue weighted by Crippen LogP contribution is -2.29. The maximum atomic E-state index is 6.03. The van der Waals surface area contributed by atoms with Crippen molar-refractivity contribution in [3.63, 3.8) is 0 Å². The summed E-state index contributed by atoms with van der Waals surface area (Å²) in [7, 11) is 0. The van der Waals surface area contributed by atoms with Crippen molar-refractivity contribution in [2.45, 2.75) is 12.5 Å². The summed E-state index contributed by atoms with van der Waals surface area (Å²) in [6.07, 6.45) is 0.949. The molecule has 1 aliphatic heterocycles. The van der Waals surface area contributed by atoms with Crippen LogP contribution in [0, 0.1) is 0 Å². The average Bonchev–Trinajstić information content (AvgIpc) is 2.89. The van der Waals surface area contributed by atoms with Gasteiger partial charge in [0.05, 0.1) is 12.6 Å². The molecule has 1 atom stereocenters. The van der Waals surface area contributed by atoms with Crippen LogP contribution in [0.4, 0.5) is 5.69 Å². The summed E-state index contributed by atoms with van der Waals surface area (Å²) in [4.78, 5) is 0. The SMILES string of the molecule is NNC(c1ccc2c(c1)CCO2)c1ccccc1N. The molecule has 3 rings (SSSR count). The van der Waals surface area contributed by atoms with E-state index in [2.05, 4.69) is 11.5 Å². The average molecular weight is 255 g/mol. The van der Waals surface area contributed by atoms with Gasteiger partial charge in [0.2, 0.25) is 0 Å². The molecule has 0 aromatic heterocycles. The summed E-state index contributed by atoms with van der Waals surface area (Å²) < 4.78 is 5.52. The first-order chi connectivity index (χ1) is 9.29. The first kappa shape index (κ1) is 12.0. The number of hydrogen-bond donors (Lipinski definition) is 3. The van der Waals surface area contributed by atoms with Gasteiger partial charge in [-0.25, -0.2) is 5.43 Å². The number of hydrazine groups is 1. The van der Waals surface area contributed by atoms with E-state index in [1.165, 1.54) is 5.56 Å². The van der Waals surface area contributed by atoms with Crippen LogP contribution >= 0.6 is 0 Å². The van der Waals surface area contributed by atoms with E-state index in [0.717, 1.165) is 35.6 Å². The fourth-order valence-electron chi connectivity index (χ4n) is 2.53. The van der Waals surface area contributed by atoms with Crippen LogP contribution in [-0.4, -0.2) is 6.61 Å². The van der Waals surface area contributed by atoms with Gasteiger partial charge in [-0.2, -0.15) is 0 Å². The molecule has 0 bridgehead atoms. The lowest BCUT2D eigenvalue weighted by atomic mass is 9.96. The summed E-state index contributed by atoms with van der Waals surface area (Å²) in [5.74, 6) is 6.69. The van der Waals surface area contributed by atoms with Gasteiger partial charge in [-0.1, -0.05) is 30.3 Å². The third-order valence-corrected chi connectivity index (χ3v) is 3.52. The third kappa shape index (κ3) is 2.16. The van der Waals surface area contributed by atoms with Crippen molar-refractivity contribution in [2.24, 2.45) is 5.84 Å². The van der Waals surface area contributed by atoms with Gasteiger partial charge in [-0.05, 0) is 28.8 Å². The van der Waals surface area contributed by atoms with Crippen LogP contribution < -0.4 is 21.7 Å². The van der Waals surface area contributed by atoms with Crippen molar-refractivity contribution in [1.29, 1.82) is 0 Å². The van der Waals surface area contributed by atoms with Crippen molar-refractivity contribution < 1.29 is 4.74 Å². The van der Waals surface area contributed by atoms with E-state index in [1.54, 1.807) is 0 Å². The predicted molar refractivity (Wildman–Crippen MR) is 75.7 cm³/mol. The summed E-state index contributed by atoms with van der Waals surface area (Å²) in [5, 5.41) is 0. The zero-order chi connectivity index (χ0) is 13.2. The zero-order valence-electron chi connectivity index (χ0n) is 10.6. The molecule has 0 saturated heterocycles. The molecule has 0 aliphatic carbocycles. The molecule has 1 unspecified atom stereocenters. The van der Waals surface area contributed by atoms with Crippen LogP contribution in [0.25, 0.3) is 0 Å². The minimum atomic E-state index is -0.105. The number of nitrogens with one attached hydrogen (secondary N) is 1. The highest BCUT2D eigenvalue weighted by molar-refractivity contribution is 5.52. The quantitative estimate of drug-likeness (QED) is 0.444. The number of rotatable bonds is 3. The van der Waals surface area contributed by atoms with E-state index in [9.17, 15) is 0 Å². The summed E-state index contributed by atoms with van der Waals surface area (Å²) in [6.45, 7) is 0.757. The molecule has 19 heavy (non-hydrogen) atoms. The van der Waals surface area contributed by atoms with E-state index in [-0.39, 0.29) is 6.04 Å². The van der Waals surface area contributed by atoms with Crippen LogP contribution in [0.2, 0.25) is 0 Å². The van der Waals surface area contributed by atoms with Crippen LogP contribution in [0.1, 0.15) is 22.7 Å². The monoisotopic (exact) mass is 255 g/mol. The van der Waals surface area contributed by atoms with Gasteiger partial charge in [0.1, 0.15) is 5.75 Å². The highest BCUT2D eigenvalue weighted by atomic mass is 16.5. The molecule has 0 spiro atoms. The smallest absolute Gasteiger partial charge is 0.122 e. The lowest BCUT2D eigenvalue weighted by Gasteiger charge is -2.19. The van der Waals surface area contributed by atoms with Crippen LogP contribution in [0.3, 0.4) is 0 Å². The number of benzene rings is 2. The number of ether oxygens (including phenoxy) is 1. The molecule has 4 nitrogen and oxygen atoms in total. The van der Waals surface area contributed by atoms with E-state index in [4.69, 9.17) is 16.3 Å². The molecule has 0 fully saturated rings. The Morgan fingerprint density at radius 3 is 2.79 bits per heavy atom. The number of para-hydroxylation sites is 1. The van der Waals surface area contributed by atoms with Gasteiger partial charge >= 0.3 is 0 Å². The molecule has 4 heteroatoms. The van der Waals surface area contributed by atoms with Gasteiger partial charge in [-0.15, -0.1) is 0 Å². The van der Waals surface area contributed by atoms with Gasteiger partial charge in [-0.3, -0.25) is 5.84 Å². The second-order valence-electron chi connectivity index (χ2n) is 4.69. The molecule has 2 aromatic rings. The van der Waals surface area contributed by atoms with Gasteiger partial charge in [0, 0.05) is 12.1 Å². The summed E-state index contributed by atoms with van der Waals surface area (Å²) >= 11 is 0. The molecular formula is C15H17N3O. The first-order valence-corrected chi connectivity index (χ1v) is 6.36. The Morgan fingerprint density at radius 1 is 1.16 bits per heavy atom. The molecule has 5 N–H and O–H groups in total. The Kier molecular flexibility index (Phi) is 3.11. The van der Waals surface area contributed by atoms with Crippen molar-refractivity contribution in [3.05, 3.63) is 59.2 Å².